The van der Waals surface area contributed by atoms with Gasteiger partial charge in [-0.1, -0.05) is 30.3 Å². The van der Waals surface area contributed by atoms with Gasteiger partial charge in [-0.2, -0.15) is 0 Å². The Bertz CT molecular complexity index is 883. The molecule has 0 aliphatic rings. The first kappa shape index (κ1) is 18.4. The lowest BCUT2D eigenvalue weighted by Gasteiger charge is -2.15. The lowest BCUT2D eigenvalue weighted by atomic mass is 10.1. The zero-order valence-corrected chi connectivity index (χ0v) is 15.0. The van der Waals surface area contributed by atoms with Crippen LogP contribution in [0.15, 0.2) is 67.0 Å². The van der Waals surface area contributed by atoms with E-state index in [1.165, 1.54) is 6.33 Å². The third kappa shape index (κ3) is 5.04. The first-order valence-electron chi connectivity index (χ1n) is 8.74. The van der Waals surface area contributed by atoms with Gasteiger partial charge in [-0.05, 0) is 36.8 Å². The van der Waals surface area contributed by atoms with Crippen molar-refractivity contribution in [2.75, 3.05) is 11.9 Å². The number of nitrogens with one attached hydrogen (secondary N) is 1. The van der Waals surface area contributed by atoms with Gasteiger partial charge >= 0.3 is 5.97 Å². The maximum absolute atomic E-state index is 11.6. The first-order chi connectivity index (χ1) is 13.2. The van der Waals surface area contributed by atoms with Crippen LogP contribution in [0.5, 0.6) is 5.75 Å². The summed E-state index contributed by atoms with van der Waals surface area (Å²) in [5.74, 6) is 0.333. The quantitative estimate of drug-likeness (QED) is 0.635. The molecule has 0 fully saturated rings. The number of rotatable bonds is 8. The van der Waals surface area contributed by atoms with Crippen LogP contribution in [-0.2, 0) is 11.2 Å². The molecule has 27 heavy (non-hydrogen) atoms. The van der Waals surface area contributed by atoms with Crippen LogP contribution in [0.2, 0.25) is 0 Å². The fourth-order valence-corrected chi connectivity index (χ4v) is 2.71. The van der Waals surface area contributed by atoms with Crippen molar-refractivity contribution in [3.05, 3.63) is 72.6 Å². The standard InChI is InChI=1S/C21H21N3O3/c1-2-27-17-10-8-16(9-11-17)18-13-20(23-14-22-18)24-19(21(25)26)12-15-6-4-3-5-7-15/h3-11,13-14,19H,2,12H2,1H3,(H,25,26)(H,22,23,24). The Kier molecular flexibility index (Phi) is 5.99. The average molecular weight is 363 g/mol. The molecule has 1 heterocycles. The number of carboxylic acid groups (broad SMARTS) is 1. The molecule has 138 valence electrons. The average Bonchev–Trinajstić information content (AvgIpc) is 2.69. The number of carboxylic acids is 1. The molecule has 0 radical (unpaired) electrons. The highest BCUT2D eigenvalue weighted by molar-refractivity contribution is 5.77. The molecule has 6 heteroatoms. The number of hydrogen-bond acceptors (Lipinski definition) is 5. The Labute approximate surface area is 157 Å². The minimum Gasteiger partial charge on any atom is -0.494 e. The van der Waals surface area contributed by atoms with Crippen LogP contribution in [0.3, 0.4) is 0 Å². The largest absolute Gasteiger partial charge is 0.494 e. The molecule has 3 aromatic rings. The van der Waals surface area contributed by atoms with E-state index in [4.69, 9.17) is 4.74 Å². The summed E-state index contributed by atoms with van der Waals surface area (Å²) < 4.78 is 5.45. The normalized spacial score (nSPS) is 11.6. The van der Waals surface area contributed by atoms with Crippen molar-refractivity contribution >= 4 is 11.8 Å². The number of carbonyl (C=O) groups is 1. The molecule has 0 bridgehead atoms. The van der Waals surface area contributed by atoms with Crippen LogP contribution in [0.4, 0.5) is 5.82 Å². The molecule has 1 atom stereocenters. The molecule has 0 saturated heterocycles. The van der Waals surface area contributed by atoms with E-state index in [0.29, 0.717) is 24.5 Å². The topological polar surface area (TPSA) is 84.3 Å². The summed E-state index contributed by atoms with van der Waals surface area (Å²) in [6.45, 7) is 2.55. The molecule has 0 saturated carbocycles. The second kappa shape index (κ2) is 8.80. The highest BCUT2D eigenvalue weighted by atomic mass is 16.5. The number of aliphatic carboxylic acids is 1. The van der Waals surface area contributed by atoms with Gasteiger partial charge in [0.15, 0.2) is 0 Å². The first-order valence-corrected chi connectivity index (χ1v) is 8.74. The van der Waals surface area contributed by atoms with E-state index in [9.17, 15) is 9.90 Å². The lowest BCUT2D eigenvalue weighted by Crippen LogP contribution is -2.31. The van der Waals surface area contributed by atoms with Crippen LogP contribution >= 0.6 is 0 Å². The highest BCUT2D eigenvalue weighted by Gasteiger charge is 2.18. The van der Waals surface area contributed by atoms with Gasteiger partial charge in [-0.15, -0.1) is 0 Å². The van der Waals surface area contributed by atoms with Crippen LogP contribution < -0.4 is 10.1 Å². The molecule has 1 unspecified atom stereocenters. The smallest absolute Gasteiger partial charge is 0.326 e. The van der Waals surface area contributed by atoms with Gasteiger partial charge in [0.2, 0.25) is 0 Å². The van der Waals surface area contributed by atoms with Gasteiger partial charge in [-0.3, -0.25) is 0 Å². The number of nitrogens with zero attached hydrogens (tertiary/aromatic N) is 2. The third-order valence-electron chi connectivity index (χ3n) is 4.03. The zero-order chi connectivity index (χ0) is 19.1. The van der Waals surface area contributed by atoms with Crippen molar-refractivity contribution in [3.63, 3.8) is 0 Å². The Morgan fingerprint density at radius 1 is 1.11 bits per heavy atom. The van der Waals surface area contributed by atoms with Crippen molar-refractivity contribution < 1.29 is 14.6 Å². The maximum Gasteiger partial charge on any atom is 0.326 e. The second-order valence-electron chi connectivity index (χ2n) is 5.97. The molecule has 2 aromatic carbocycles. The Hall–Kier alpha value is -3.41. The number of ether oxygens (including phenoxy) is 1. The van der Waals surface area contributed by atoms with Crippen LogP contribution in [0.1, 0.15) is 12.5 Å². The van der Waals surface area contributed by atoms with E-state index in [2.05, 4.69) is 15.3 Å². The van der Waals surface area contributed by atoms with Crippen molar-refractivity contribution in [2.45, 2.75) is 19.4 Å². The lowest BCUT2D eigenvalue weighted by molar-refractivity contribution is -0.137. The highest BCUT2D eigenvalue weighted by Crippen LogP contribution is 2.22. The Morgan fingerprint density at radius 3 is 2.52 bits per heavy atom. The molecule has 0 amide bonds. The van der Waals surface area contributed by atoms with E-state index in [1.807, 2.05) is 61.5 Å². The fraction of sp³-hybridized carbons (Fsp3) is 0.190. The van der Waals surface area contributed by atoms with E-state index in [0.717, 1.165) is 16.9 Å². The predicted octanol–water partition coefficient (Wildman–Crippen LogP) is 3.65. The SMILES string of the molecule is CCOc1ccc(-c2cc(NC(Cc3ccccc3)C(=O)O)ncn2)cc1. The number of hydrogen-bond donors (Lipinski definition) is 2. The summed E-state index contributed by atoms with van der Waals surface area (Å²) in [7, 11) is 0. The number of anilines is 1. The van der Waals surface area contributed by atoms with E-state index >= 15 is 0 Å². The Balaban J connectivity index is 1.76. The van der Waals surface area contributed by atoms with Crippen molar-refractivity contribution in [3.8, 4) is 17.0 Å². The summed E-state index contributed by atoms with van der Waals surface area (Å²) in [4.78, 5) is 20.1. The van der Waals surface area contributed by atoms with Gasteiger partial charge < -0.3 is 15.2 Å². The van der Waals surface area contributed by atoms with Gasteiger partial charge in [0, 0.05) is 18.1 Å². The minimum absolute atomic E-state index is 0.360. The minimum atomic E-state index is -0.930. The second-order valence-corrected chi connectivity index (χ2v) is 5.97. The molecule has 1 aromatic heterocycles. The van der Waals surface area contributed by atoms with Crippen molar-refractivity contribution in [2.24, 2.45) is 0 Å². The summed E-state index contributed by atoms with van der Waals surface area (Å²) >= 11 is 0. The van der Waals surface area contributed by atoms with Crippen LogP contribution in [0.25, 0.3) is 11.3 Å². The molecule has 0 aliphatic carbocycles. The molecule has 3 rings (SSSR count). The van der Waals surface area contributed by atoms with E-state index in [1.54, 1.807) is 6.07 Å². The summed E-state index contributed by atoms with van der Waals surface area (Å²) in [5, 5.41) is 12.5. The van der Waals surface area contributed by atoms with Crippen molar-refractivity contribution in [1.82, 2.24) is 9.97 Å². The molecule has 2 N–H and O–H groups in total. The van der Waals surface area contributed by atoms with Gasteiger partial charge in [0.1, 0.15) is 23.9 Å². The van der Waals surface area contributed by atoms with Gasteiger partial charge in [0.05, 0.1) is 12.3 Å². The summed E-state index contributed by atoms with van der Waals surface area (Å²) in [6, 6.07) is 18.0. The predicted molar refractivity (Wildman–Crippen MR) is 104 cm³/mol. The maximum atomic E-state index is 11.6. The molecular weight excluding hydrogens is 342 g/mol. The molecule has 0 spiro atoms. The molecule has 6 nitrogen and oxygen atoms in total. The van der Waals surface area contributed by atoms with Crippen LogP contribution in [-0.4, -0.2) is 33.7 Å². The van der Waals surface area contributed by atoms with Gasteiger partial charge in [0.25, 0.3) is 0 Å². The number of aromatic nitrogens is 2. The zero-order valence-electron chi connectivity index (χ0n) is 15.0. The number of benzene rings is 2. The van der Waals surface area contributed by atoms with Gasteiger partial charge in [-0.25, -0.2) is 14.8 Å². The summed E-state index contributed by atoms with van der Waals surface area (Å²) in [6.07, 6.45) is 1.79. The fourth-order valence-electron chi connectivity index (χ4n) is 2.71. The van der Waals surface area contributed by atoms with Crippen LogP contribution in [0, 0.1) is 0 Å². The Morgan fingerprint density at radius 2 is 1.85 bits per heavy atom. The van der Waals surface area contributed by atoms with Crippen molar-refractivity contribution in [1.29, 1.82) is 0 Å². The van der Waals surface area contributed by atoms with E-state index < -0.39 is 12.0 Å². The molecular formula is C21H21N3O3. The van der Waals surface area contributed by atoms with E-state index in [-0.39, 0.29) is 0 Å². The molecule has 0 aliphatic heterocycles. The summed E-state index contributed by atoms with van der Waals surface area (Å²) in [5.41, 5.74) is 2.55. The monoisotopic (exact) mass is 363 g/mol. The third-order valence-corrected chi connectivity index (χ3v) is 4.03.